The first kappa shape index (κ1) is 12.2. The number of likely N-dealkylation sites (tertiary alicyclic amines) is 1. The molecule has 0 aromatic rings. The molecule has 1 saturated heterocycles. The maximum atomic E-state index is 12.0. The van der Waals surface area contributed by atoms with E-state index in [9.17, 15) is 9.59 Å². The number of carboxylic acids is 1. The number of urea groups is 1. The molecule has 17 heavy (non-hydrogen) atoms. The molecule has 0 unspecified atom stereocenters. The Labute approximate surface area is 101 Å². The van der Waals surface area contributed by atoms with Crippen LogP contribution >= 0.6 is 0 Å². The number of nitrogens with zero attached hydrogens (tertiary/aromatic N) is 1. The average molecular weight is 240 g/mol. The maximum absolute atomic E-state index is 12.0. The van der Waals surface area contributed by atoms with Crippen LogP contribution in [0.2, 0.25) is 0 Å². The van der Waals surface area contributed by atoms with E-state index >= 15 is 0 Å². The number of hydrogen-bond acceptors (Lipinski definition) is 2. The highest BCUT2D eigenvalue weighted by atomic mass is 16.4. The van der Waals surface area contributed by atoms with E-state index in [0.717, 1.165) is 12.8 Å². The molecule has 0 radical (unpaired) electrons. The number of nitrogens with one attached hydrogen (secondary N) is 1. The molecule has 2 aliphatic rings. The van der Waals surface area contributed by atoms with Crippen LogP contribution < -0.4 is 5.32 Å². The van der Waals surface area contributed by atoms with Gasteiger partial charge in [0.1, 0.15) is 0 Å². The number of carbonyl (C=O) groups is 2. The molecule has 0 atom stereocenters. The lowest BCUT2D eigenvalue weighted by atomic mass is 9.79. The average Bonchev–Trinajstić information content (AvgIpc) is 2.27. The first-order valence-electron chi connectivity index (χ1n) is 6.30. The summed E-state index contributed by atoms with van der Waals surface area (Å²) in [7, 11) is 0. The second-order valence-electron chi connectivity index (χ2n) is 5.44. The summed E-state index contributed by atoms with van der Waals surface area (Å²) in [6.45, 7) is 3.18. The van der Waals surface area contributed by atoms with Gasteiger partial charge in [-0.25, -0.2) is 4.79 Å². The predicted octanol–water partition coefficient (Wildman–Crippen LogP) is 1.44. The van der Waals surface area contributed by atoms with Crippen LogP contribution in [0.3, 0.4) is 0 Å². The molecule has 1 saturated carbocycles. The Balaban J connectivity index is 1.80. The van der Waals surface area contributed by atoms with Gasteiger partial charge in [0.25, 0.3) is 0 Å². The molecule has 2 N–H and O–H groups in total. The van der Waals surface area contributed by atoms with Crippen LogP contribution in [0.25, 0.3) is 0 Å². The van der Waals surface area contributed by atoms with Gasteiger partial charge in [-0.2, -0.15) is 0 Å². The fraction of sp³-hybridized carbons (Fsp3) is 0.833. The van der Waals surface area contributed by atoms with Gasteiger partial charge in [0.2, 0.25) is 0 Å². The van der Waals surface area contributed by atoms with Crippen molar-refractivity contribution in [3.63, 3.8) is 0 Å². The summed E-state index contributed by atoms with van der Waals surface area (Å²) in [5.74, 6) is -1.02. The molecule has 2 rings (SSSR count). The zero-order valence-electron chi connectivity index (χ0n) is 10.2. The van der Waals surface area contributed by atoms with Gasteiger partial charge in [0, 0.05) is 18.6 Å². The minimum Gasteiger partial charge on any atom is -0.481 e. The molecule has 0 bridgehead atoms. The number of piperidine rings is 1. The van der Waals surface area contributed by atoms with Gasteiger partial charge in [-0.05, 0) is 39.0 Å². The third-order valence-corrected chi connectivity index (χ3v) is 4.00. The number of hydrogen-bond donors (Lipinski definition) is 2. The first-order chi connectivity index (χ1) is 8.00. The van der Waals surface area contributed by atoms with E-state index in [4.69, 9.17) is 5.11 Å². The molecule has 1 aliphatic heterocycles. The van der Waals surface area contributed by atoms with Crippen molar-refractivity contribution in [1.29, 1.82) is 0 Å². The topological polar surface area (TPSA) is 69.6 Å². The molecule has 96 valence electrons. The summed E-state index contributed by atoms with van der Waals surface area (Å²) in [5, 5.41) is 11.9. The van der Waals surface area contributed by atoms with Crippen molar-refractivity contribution >= 4 is 12.0 Å². The van der Waals surface area contributed by atoms with E-state index in [1.54, 1.807) is 4.90 Å². The summed E-state index contributed by atoms with van der Waals surface area (Å²) in [6.07, 6.45) is 4.41. The second kappa shape index (κ2) is 4.55. The van der Waals surface area contributed by atoms with Crippen molar-refractivity contribution in [3.8, 4) is 0 Å². The lowest BCUT2D eigenvalue weighted by Crippen LogP contribution is -2.56. The van der Waals surface area contributed by atoms with Crippen molar-refractivity contribution < 1.29 is 14.7 Å². The van der Waals surface area contributed by atoms with Crippen LogP contribution in [0.15, 0.2) is 0 Å². The predicted molar refractivity (Wildman–Crippen MR) is 62.7 cm³/mol. The quantitative estimate of drug-likeness (QED) is 0.767. The third kappa shape index (κ3) is 2.70. The number of aliphatic carboxylic acids is 1. The smallest absolute Gasteiger partial charge is 0.317 e. The van der Waals surface area contributed by atoms with E-state index in [2.05, 4.69) is 12.2 Å². The molecule has 0 spiro atoms. The molecule has 1 heterocycles. The Morgan fingerprint density at radius 2 is 1.88 bits per heavy atom. The lowest BCUT2D eigenvalue weighted by Gasteiger charge is -2.41. The Kier molecular flexibility index (Phi) is 3.26. The Morgan fingerprint density at radius 3 is 2.29 bits per heavy atom. The van der Waals surface area contributed by atoms with Crippen LogP contribution in [0, 0.1) is 5.92 Å². The van der Waals surface area contributed by atoms with E-state index in [0.29, 0.717) is 25.9 Å². The number of rotatable bonds is 2. The zero-order valence-corrected chi connectivity index (χ0v) is 10.2. The molecule has 1 aliphatic carbocycles. The Morgan fingerprint density at radius 1 is 1.29 bits per heavy atom. The Bertz CT molecular complexity index is 318. The lowest BCUT2D eigenvalue weighted by molar-refractivity contribution is -0.143. The molecule has 5 nitrogen and oxygen atoms in total. The third-order valence-electron chi connectivity index (χ3n) is 4.00. The monoisotopic (exact) mass is 240 g/mol. The SMILES string of the molecule is CC1(NC(=O)N2CCC(C(=O)O)CC2)CCC1. The summed E-state index contributed by atoms with van der Waals surface area (Å²) in [4.78, 5) is 24.5. The number of carboxylic acid groups (broad SMARTS) is 1. The van der Waals surface area contributed by atoms with Gasteiger partial charge in [0.05, 0.1) is 5.92 Å². The molecular weight excluding hydrogens is 220 g/mol. The van der Waals surface area contributed by atoms with Crippen molar-refractivity contribution in [1.82, 2.24) is 10.2 Å². The highest BCUT2D eigenvalue weighted by molar-refractivity contribution is 5.76. The first-order valence-corrected chi connectivity index (χ1v) is 6.30. The summed E-state index contributed by atoms with van der Waals surface area (Å²) < 4.78 is 0. The summed E-state index contributed by atoms with van der Waals surface area (Å²) in [6, 6.07) is -0.0314. The van der Waals surface area contributed by atoms with E-state index < -0.39 is 5.97 Å². The van der Waals surface area contributed by atoms with Gasteiger partial charge < -0.3 is 15.3 Å². The van der Waals surface area contributed by atoms with Crippen LogP contribution in [-0.2, 0) is 4.79 Å². The molecule has 0 aromatic heterocycles. The normalized spacial score (nSPS) is 23.9. The van der Waals surface area contributed by atoms with Gasteiger partial charge in [-0.1, -0.05) is 0 Å². The van der Waals surface area contributed by atoms with Crippen molar-refractivity contribution in [2.24, 2.45) is 5.92 Å². The number of amides is 2. The van der Waals surface area contributed by atoms with E-state index in [1.165, 1.54) is 6.42 Å². The van der Waals surface area contributed by atoms with Gasteiger partial charge in [0.15, 0.2) is 0 Å². The minimum absolute atomic E-state index is 0.0271. The highest BCUT2D eigenvalue weighted by Crippen LogP contribution is 2.31. The fourth-order valence-corrected chi connectivity index (χ4v) is 2.50. The van der Waals surface area contributed by atoms with Crippen LogP contribution in [-0.4, -0.2) is 40.6 Å². The standard InChI is InChI=1S/C12H20N2O3/c1-12(5-2-6-12)13-11(17)14-7-3-9(4-8-14)10(15)16/h9H,2-8H2,1H3,(H,13,17)(H,15,16). The molecule has 2 amide bonds. The Hall–Kier alpha value is -1.26. The molecular formula is C12H20N2O3. The fourth-order valence-electron chi connectivity index (χ4n) is 2.50. The van der Waals surface area contributed by atoms with Crippen molar-refractivity contribution in [2.75, 3.05) is 13.1 Å². The van der Waals surface area contributed by atoms with Gasteiger partial charge in [-0.15, -0.1) is 0 Å². The van der Waals surface area contributed by atoms with E-state index in [-0.39, 0.29) is 17.5 Å². The van der Waals surface area contributed by atoms with Gasteiger partial charge in [-0.3, -0.25) is 4.79 Å². The highest BCUT2D eigenvalue weighted by Gasteiger charge is 2.35. The minimum atomic E-state index is -0.740. The van der Waals surface area contributed by atoms with E-state index in [1.807, 2.05) is 0 Å². The largest absolute Gasteiger partial charge is 0.481 e. The summed E-state index contributed by atoms with van der Waals surface area (Å²) >= 11 is 0. The molecule has 5 heteroatoms. The van der Waals surface area contributed by atoms with Crippen LogP contribution in [0.1, 0.15) is 39.0 Å². The van der Waals surface area contributed by atoms with Crippen molar-refractivity contribution in [2.45, 2.75) is 44.6 Å². The maximum Gasteiger partial charge on any atom is 0.317 e. The zero-order chi connectivity index (χ0) is 12.5. The van der Waals surface area contributed by atoms with Crippen molar-refractivity contribution in [3.05, 3.63) is 0 Å². The second-order valence-corrected chi connectivity index (χ2v) is 5.44. The molecule has 0 aromatic carbocycles. The summed E-state index contributed by atoms with van der Waals surface area (Å²) in [5.41, 5.74) is -0.0271. The van der Waals surface area contributed by atoms with Gasteiger partial charge >= 0.3 is 12.0 Å². The van der Waals surface area contributed by atoms with Crippen LogP contribution in [0.5, 0.6) is 0 Å². The number of carbonyl (C=O) groups excluding carboxylic acids is 1. The molecule has 2 fully saturated rings. The van der Waals surface area contributed by atoms with Crippen LogP contribution in [0.4, 0.5) is 4.79 Å².